The van der Waals surface area contributed by atoms with Gasteiger partial charge in [-0.15, -0.1) is 0 Å². The molecular formula is C23H30ClF3N2O2. The van der Waals surface area contributed by atoms with Crippen LogP contribution in [0.25, 0.3) is 0 Å². The summed E-state index contributed by atoms with van der Waals surface area (Å²) in [6.45, 7) is 4.55. The van der Waals surface area contributed by atoms with E-state index in [9.17, 15) is 22.8 Å². The number of benzene rings is 1. The summed E-state index contributed by atoms with van der Waals surface area (Å²) >= 11 is 6.03. The zero-order valence-electron chi connectivity index (χ0n) is 18.0. The van der Waals surface area contributed by atoms with Crippen molar-refractivity contribution in [2.24, 2.45) is 23.2 Å². The molecule has 2 unspecified atom stereocenters. The molecule has 1 heterocycles. The number of carbonyl (C=O) groups is 2. The molecule has 1 saturated heterocycles. The van der Waals surface area contributed by atoms with Crippen LogP contribution in [0.2, 0.25) is 5.02 Å². The molecule has 2 fully saturated rings. The van der Waals surface area contributed by atoms with Gasteiger partial charge in [0.2, 0.25) is 5.91 Å². The molecule has 1 aromatic carbocycles. The number of anilines is 1. The Kier molecular flexibility index (Phi) is 7.24. The third-order valence-electron chi connectivity index (χ3n) is 6.90. The highest BCUT2D eigenvalue weighted by Crippen LogP contribution is 2.61. The Morgan fingerprint density at radius 2 is 2.00 bits per heavy atom. The zero-order chi connectivity index (χ0) is 22.8. The van der Waals surface area contributed by atoms with Gasteiger partial charge in [-0.1, -0.05) is 25.4 Å². The van der Waals surface area contributed by atoms with Gasteiger partial charge in [0, 0.05) is 30.9 Å². The molecule has 8 heteroatoms. The molecule has 0 aromatic heterocycles. The topological polar surface area (TPSA) is 49.4 Å². The molecule has 0 radical (unpaired) electrons. The fourth-order valence-electron chi connectivity index (χ4n) is 4.94. The highest BCUT2D eigenvalue weighted by atomic mass is 35.5. The fraction of sp³-hybridized carbons (Fsp3) is 0.652. The van der Waals surface area contributed by atoms with Crippen molar-refractivity contribution in [1.82, 2.24) is 4.90 Å². The minimum atomic E-state index is -4.49. The number of likely N-dealkylation sites (tertiary alicyclic amines) is 1. The fourth-order valence-corrected chi connectivity index (χ4v) is 5.16. The highest BCUT2D eigenvalue weighted by Gasteiger charge is 2.55. The zero-order valence-corrected chi connectivity index (χ0v) is 18.7. The first kappa shape index (κ1) is 23.9. The maximum atomic E-state index is 13.3. The van der Waals surface area contributed by atoms with E-state index in [1.54, 1.807) is 12.1 Å². The van der Waals surface area contributed by atoms with Crippen molar-refractivity contribution in [2.75, 3.05) is 25.0 Å². The second kappa shape index (κ2) is 9.39. The Bertz CT molecular complexity index is 805. The molecule has 1 saturated carbocycles. The Labute approximate surface area is 186 Å². The Hall–Kier alpha value is -1.76. The van der Waals surface area contributed by atoms with Gasteiger partial charge in [0.05, 0.1) is 5.02 Å². The number of hydrogen-bond acceptors (Lipinski definition) is 3. The average molecular weight is 459 g/mol. The second-order valence-electron chi connectivity index (χ2n) is 9.28. The van der Waals surface area contributed by atoms with E-state index in [2.05, 4.69) is 5.32 Å². The standard InChI is InChI=1S/C23H30ClF3N2O2/c1-15(2)20(23(25,26)27)21(31)29-10-7-22(8-11-29)13-17(22)4-3-9-28-18-6-5-16(14-30)19(24)12-18/h5-6,12,14-15,17,20,28H,3-4,7-11,13H2,1-2H3. The van der Waals surface area contributed by atoms with E-state index in [1.165, 1.54) is 18.7 Å². The van der Waals surface area contributed by atoms with Crippen LogP contribution in [-0.2, 0) is 4.79 Å². The average Bonchev–Trinajstić information content (AvgIpc) is 3.36. The van der Waals surface area contributed by atoms with Crippen molar-refractivity contribution in [3.8, 4) is 0 Å². The number of nitrogens with zero attached hydrogens (tertiary/aromatic N) is 1. The third-order valence-corrected chi connectivity index (χ3v) is 7.23. The predicted molar refractivity (Wildman–Crippen MR) is 115 cm³/mol. The van der Waals surface area contributed by atoms with Crippen molar-refractivity contribution in [2.45, 2.75) is 52.1 Å². The summed E-state index contributed by atoms with van der Waals surface area (Å²) in [5, 5.41) is 3.73. The number of amides is 1. The maximum absolute atomic E-state index is 13.3. The first-order valence-corrected chi connectivity index (χ1v) is 11.3. The minimum Gasteiger partial charge on any atom is -0.385 e. The summed E-state index contributed by atoms with van der Waals surface area (Å²) in [4.78, 5) is 24.7. The lowest BCUT2D eigenvalue weighted by Crippen LogP contribution is -2.48. The number of carbonyl (C=O) groups excluding carboxylic acids is 2. The summed E-state index contributed by atoms with van der Waals surface area (Å²) < 4.78 is 39.8. The molecule has 4 nitrogen and oxygen atoms in total. The Morgan fingerprint density at radius 1 is 1.32 bits per heavy atom. The summed E-state index contributed by atoms with van der Waals surface area (Å²) in [6, 6.07) is 5.25. The van der Waals surface area contributed by atoms with Gasteiger partial charge in [0.25, 0.3) is 0 Å². The number of alkyl halides is 3. The van der Waals surface area contributed by atoms with E-state index in [1.807, 2.05) is 6.07 Å². The normalized spacial score (nSPS) is 21.3. The van der Waals surface area contributed by atoms with Crippen LogP contribution in [0.4, 0.5) is 18.9 Å². The summed E-state index contributed by atoms with van der Waals surface area (Å²) in [6.07, 6.45) is 0.951. The van der Waals surface area contributed by atoms with E-state index in [0.29, 0.717) is 29.6 Å². The van der Waals surface area contributed by atoms with Crippen LogP contribution in [-0.4, -0.2) is 42.9 Å². The van der Waals surface area contributed by atoms with E-state index < -0.39 is 23.9 Å². The molecule has 3 rings (SSSR count). The number of hydrogen-bond donors (Lipinski definition) is 1. The minimum absolute atomic E-state index is 0.206. The second-order valence-corrected chi connectivity index (χ2v) is 9.68. The van der Waals surface area contributed by atoms with Crippen LogP contribution in [0.1, 0.15) is 56.3 Å². The first-order chi connectivity index (χ1) is 14.6. The summed E-state index contributed by atoms with van der Waals surface area (Å²) in [7, 11) is 0. The van der Waals surface area contributed by atoms with Gasteiger partial charge in [0.15, 0.2) is 6.29 Å². The van der Waals surface area contributed by atoms with Crippen molar-refractivity contribution < 1.29 is 22.8 Å². The molecule has 2 atom stereocenters. The number of nitrogens with one attached hydrogen (secondary N) is 1. The molecule has 1 aliphatic carbocycles. The van der Waals surface area contributed by atoms with Gasteiger partial charge >= 0.3 is 6.18 Å². The molecule has 1 aromatic rings. The number of halogens is 4. The SMILES string of the molecule is CC(C)C(C(=O)N1CCC2(CC1)CC2CCCNc1ccc(C=O)c(Cl)c1)C(F)(F)F. The van der Waals surface area contributed by atoms with Crippen molar-refractivity contribution >= 4 is 29.5 Å². The van der Waals surface area contributed by atoms with Gasteiger partial charge in [-0.05, 0) is 67.6 Å². The third kappa shape index (κ3) is 5.54. The van der Waals surface area contributed by atoms with Gasteiger partial charge in [-0.25, -0.2) is 0 Å². The van der Waals surface area contributed by atoms with E-state index in [-0.39, 0.29) is 5.41 Å². The van der Waals surface area contributed by atoms with E-state index in [4.69, 9.17) is 11.6 Å². The number of piperidine rings is 1. The van der Waals surface area contributed by atoms with Crippen LogP contribution < -0.4 is 5.32 Å². The first-order valence-electron chi connectivity index (χ1n) is 10.9. The molecule has 2 aliphatic rings. The van der Waals surface area contributed by atoms with Crippen LogP contribution in [0.15, 0.2) is 18.2 Å². The van der Waals surface area contributed by atoms with Crippen molar-refractivity contribution in [3.05, 3.63) is 28.8 Å². The largest absolute Gasteiger partial charge is 0.400 e. The quantitative estimate of drug-likeness (QED) is 0.395. The summed E-state index contributed by atoms with van der Waals surface area (Å²) in [5.74, 6) is -2.85. The molecule has 1 spiro atoms. The van der Waals surface area contributed by atoms with Crippen molar-refractivity contribution in [3.63, 3.8) is 0 Å². The summed E-state index contributed by atoms with van der Waals surface area (Å²) in [5.41, 5.74) is 1.54. The lowest BCUT2D eigenvalue weighted by atomic mass is 9.87. The Balaban J connectivity index is 1.41. The van der Waals surface area contributed by atoms with Gasteiger partial charge in [-0.2, -0.15) is 13.2 Å². The molecule has 0 bridgehead atoms. The molecule has 1 amide bonds. The molecule has 1 aliphatic heterocycles. The van der Waals surface area contributed by atoms with E-state index >= 15 is 0 Å². The van der Waals surface area contributed by atoms with Crippen LogP contribution in [0.5, 0.6) is 0 Å². The van der Waals surface area contributed by atoms with Crippen LogP contribution >= 0.6 is 11.6 Å². The van der Waals surface area contributed by atoms with Crippen LogP contribution in [0, 0.1) is 23.2 Å². The molecule has 31 heavy (non-hydrogen) atoms. The van der Waals surface area contributed by atoms with Crippen molar-refractivity contribution in [1.29, 1.82) is 0 Å². The van der Waals surface area contributed by atoms with Crippen LogP contribution in [0.3, 0.4) is 0 Å². The highest BCUT2D eigenvalue weighted by molar-refractivity contribution is 6.33. The molecular weight excluding hydrogens is 429 g/mol. The van der Waals surface area contributed by atoms with E-state index in [0.717, 1.165) is 50.6 Å². The predicted octanol–water partition coefficient (Wildman–Crippen LogP) is 5.81. The number of rotatable bonds is 8. The smallest absolute Gasteiger partial charge is 0.385 e. The van der Waals surface area contributed by atoms with Gasteiger partial charge in [0.1, 0.15) is 5.92 Å². The maximum Gasteiger partial charge on any atom is 0.400 e. The molecule has 1 N–H and O–H groups in total. The van der Waals surface area contributed by atoms with Gasteiger partial charge in [-0.3, -0.25) is 9.59 Å². The monoisotopic (exact) mass is 458 g/mol. The van der Waals surface area contributed by atoms with Gasteiger partial charge < -0.3 is 10.2 Å². The lowest BCUT2D eigenvalue weighted by Gasteiger charge is -2.36. The lowest BCUT2D eigenvalue weighted by molar-refractivity contribution is -0.198. The molecule has 172 valence electrons. The number of aldehydes is 1. The Morgan fingerprint density at radius 3 is 2.55 bits per heavy atom.